The third-order valence-corrected chi connectivity index (χ3v) is 4.73. The highest BCUT2D eigenvalue weighted by molar-refractivity contribution is 7.09. The number of ether oxygens (including phenoxy) is 3. The number of aromatic nitrogens is 1. The lowest BCUT2D eigenvalue weighted by Crippen LogP contribution is -2.11. The Kier molecular flexibility index (Phi) is 5.93. The van der Waals surface area contributed by atoms with Crippen molar-refractivity contribution < 1.29 is 19.0 Å². The topological polar surface area (TPSA) is 69.7 Å². The van der Waals surface area contributed by atoms with E-state index < -0.39 is 0 Å². The van der Waals surface area contributed by atoms with Crippen molar-refractivity contribution in [3.8, 4) is 17.2 Å². The molecule has 0 saturated carbocycles. The molecule has 6 nitrogen and oxygen atoms in total. The minimum Gasteiger partial charge on any atom is -0.493 e. The van der Waals surface area contributed by atoms with Gasteiger partial charge in [-0.25, -0.2) is 4.98 Å². The number of benzene rings is 2. The van der Waals surface area contributed by atoms with Crippen molar-refractivity contribution in [2.45, 2.75) is 13.5 Å². The lowest BCUT2D eigenvalue weighted by atomic mass is 10.2. The molecule has 0 radical (unpaired) electrons. The van der Waals surface area contributed by atoms with E-state index in [1.165, 1.54) is 0 Å². The van der Waals surface area contributed by atoms with Gasteiger partial charge < -0.3 is 19.5 Å². The zero-order chi connectivity index (χ0) is 19.2. The Labute approximate surface area is 161 Å². The third-order valence-electron chi connectivity index (χ3n) is 3.79. The van der Waals surface area contributed by atoms with Gasteiger partial charge in [0.15, 0.2) is 11.5 Å². The molecular formula is C20H20N2O4S. The van der Waals surface area contributed by atoms with Gasteiger partial charge >= 0.3 is 0 Å². The smallest absolute Gasteiger partial charge is 0.255 e. The van der Waals surface area contributed by atoms with E-state index in [-0.39, 0.29) is 5.91 Å². The fourth-order valence-electron chi connectivity index (χ4n) is 2.43. The Balaban J connectivity index is 1.61. The van der Waals surface area contributed by atoms with Gasteiger partial charge in [-0.15, -0.1) is 11.3 Å². The fraction of sp³-hybridized carbons (Fsp3) is 0.200. The van der Waals surface area contributed by atoms with Crippen molar-refractivity contribution >= 4 is 22.9 Å². The Bertz CT molecular complexity index is 922. The van der Waals surface area contributed by atoms with Crippen LogP contribution in [0.2, 0.25) is 0 Å². The van der Waals surface area contributed by atoms with Crippen molar-refractivity contribution in [2.24, 2.45) is 0 Å². The van der Waals surface area contributed by atoms with E-state index >= 15 is 0 Å². The standard InChI is InChI=1S/C20H20N2O4S/c1-13-12-27-19(21-13)11-26-16-7-4-14(5-8-16)20(23)22-15-6-9-17(24-2)18(10-15)25-3/h4-10,12H,11H2,1-3H3,(H,22,23). The van der Waals surface area contributed by atoms with Crippen molar-refractivity contribution in [2.75, 3.05) is 19.5 Å². The second-order valence-electron chi connectivity index (χ2n) is 5.72. The number of hydrogen-bond donors (Lipinski definition) is 1. The van der Waals surface area contributed by atoms with E-state index in [1.807, 2.05) is 12.3 Å². The predicted molar refractivity (Wildman–Crippen MR) is 105 cm³/mol. The van der Waals surface area contributed by atoms with E-state index in [1.54, 1.807) is 68.0 Å². The Morgan fingerprint density at radius 1 is 1.07 bits per heavy atom. The summed E-state index contributed by atoms with van der Waals surface area (Å²) in [5.74, 6) is 1.62. The lowest BCUT2D eigenvalue weighted by molar-refractivity contribution is 0.102. The number of thiazole rings is 1. The number of rotatable bonds is 7. The lowest BCUT2D eigenvalue weighted by Gasteiger charge is -2.11. The molecule has 1 heterocycles. The maximum atomic E-state index is 12.4. The molecule has 140 valence electrons. The molecule has 0 unspecified atom stereocenters. The number of hydrogen-bond acceptors (Lipinski definition) is 6. The molecule has 1 aromatic heterocycles. The summed E-state index contributed by atoms with van der Waals surface area (Å²) in [6.07, 6.45) is 0. The van der Waals surface area contributed by atoms with Gasteiger partial charge in [-0.05, 0) is 43.3 Å². The van der Waals surface area contributed by atoms with E-state index in [4.69, 9.17) is 14.2 Å². The second kappa shape index (κ2) is 8.55. The second-order valence-corrected chi connectivity index (χ2v) is 6.66. The third kappa shape index (κ3) is 4.77. The summed E-state index contributed by atoms with van der Waals surface area (Å²) < 4.78 is 16.1. The van der Waals surface area contributed by atoms with Crippen LogP contribution in [-0.4, -0.2) is 25.1 Å². The van der Waals surface area contributed by atoms with Crippen molar-refractivity contribution in [1.82, 2.24) is 4.98 Å². The molecule has 1 amide bonds. The summed E-state index contributed by atoms with van der Waals surface area (Å²) in [5, 5.41) is 5.75. The molecular weight excluding hydrogens is 364 g/mol. The summed E-state index contributed by atoms with van der Waals surface area (Å²) >= 11 is 1.56. The van der Waals surface area contributed by atoms with Crippen LogP contribution in [0, 0.1) is 6.92 Å². The molecule has 0 aliphatic heterocycles. The highest BCUT2D eigenvalue weighted by atomic mass is 32.1. The minimum absolute atomic E-state index is 0.218. The van der Waals surface area contributed by atoms with E-state index in [0.29, 0.717) is 35.1 Å². The van der Waals surface area contributed by atoms with Gasteiger partial charge in [0.1, 0.15) is 17.4 Å². The van der Waals surface area contributed by atoms with Crippen LogP contribution in [0.4, 0.5) is 5.69 Å². The van der Waals surface area contributed by atoms with Gasteiger partial charge in [-0.3, -0.25) is 4.79 Å². The van der Waals surface area contributed by atoms with Crippen LogP contribution < -0.4 is 19.5 Å². The Hall–Kier alpha value is -3.06. The van der Waals surface area contributed by atoms with Gasteiger partial charge in [0.2, 0.25) is 0 Å². The zero-order valence-corrected chi connectivity index (χ0v) is 16.1. The quantitative estimate of drug-likeness (QED) is 0.658. The van der Waals surface area contributed by atoms with Gasteiger partial charge in [0.05, 0.1) is 14.2 Å². The monoisotopic (exact) mass is 384 g/mol. The maximum Gasteiger partial charge on any atom is 0.255 e. The van der Waals surface area contributed by atoms with Gasteiger partial charge in [-0.1, -0.05) is 0 Å². The van der Waals surface area contributed by atoms with Crippen LogP contribution >= 0.6 is 11.3 Å². The summed E-state index contributed by atoms with van der Waals surface area (Å²) in [6, 6.07) is 12.2. The molecule has 27 heavy (non-hydrogen) atoms. The number of nitrogens with zero attached hydrogens (tertiary/aromatic N) is 1. The highest BCUT2D eigenvalue weighted by Crippen LogP contribution is 2.30. The predicted octanol–water partition coefficient (Wildman–Crippen LogP) is 4.30. The van der Waals surface area contributed by atoms with Gasteiger partial charge in [0, 0.05) is 28.4 Å². The number of carbonyl (C=O) groups is 1. The minimum atomic E-state index is -0.218. The summed E-state index contributed by atoms with van der Waals surface area (Å²) in [5.41, 5.74) is 2.14. The zero-order valence-electron chi connectivity index (χ0n) is 15.3. The molecule has 1 N–H and O–H groups in total. The molecule has 0 bridgehead atoms. The van der Waals surface area contributed by atoms with Crippen LogP contribution in [0.1, 0.15) is 21.1 Å². The van der Waals surface area contributed by atoms with Crippen molar-refractivity contribution in [3.63, 3.8) is 0 Å². The first-order valence-electron chi connectivity index (χ1n) is 8.26. The number of methoxy groups -OCH3 is 2. The van der Waals surface area contributed by atoms with E-state index in [2.05, 4.69) is 10.3 Å². The summed E-state index contributed by atoms with van der Waals surface area (Å²) in [6.45, 7) is 2.36. The Morgan fingerprint density at radius 2 is 1.81 bits per heavy atom. The van der Waals surface area contributed by atoms with E-state index in [0.717, 1.165) is 10.7 Å². The van der Waals surface area contributed by atoms with Gasteiger partial charge in [0.25, 0.3) is 5.91 Å². The number of anilines is 1. The molecule has 0 aliphatic rings. The molecule has 7 heteroatoms. The average molecular weight is 384 g/mol. The first-order valence-corrected chi connectivity index (χ1v) is 9.14. The molecule has 3 rings (SSSR count). The first kappa shape index (κ1) is 18.7. The number of amides is 1. The molecule has 0 aliphatic carbocycles. The summed E-state index contributed by atoms with van der Waals surface area (Å²) in [4.78, 5) is 16.8. The molecule has 0 atom stereocenters. The molecule has 0 spiro atoms. The number of carbonyl (C=O) groups excluding carboxylic acids is 1. The average Bonchev–Trinajstić information content (AvgIpc) is 3.11. The van der Waals surface area contributed by atoms with Crippen LogP contribution in [0.25, 0.3) is 0 Å². The molecule has 0 fully saturated rings. The van der Waals surface area contributed by atoms with Crippen LogP contribution in [0.15, 0.2) is 47.8 Å². The van der Waals surface area contributed by atoms with Crippen molar-refractivity contribution in [1.29, 1.82) is 0 Å². The number of aryl methyl sites for hydroxylation is 1. The first-order chi connectivity index (χ1) is 13.1. The molecule has 3 aromatic rings. The number of nitrogens with one attached hydrogen (secondary N) is 1. The SMILES string of the molecule is COc1ccc(NC(=O)c2ccc(OCc3nc(C)cs3)cc2)cc1OC. The largest absolute Gasteiger partial charge is 0.493 e. The fourth-order valence-corrected chi connectivity index (χ4v) is 3.12. The van der Waals surface area contributed by atoms with E-state index in [9.17, 15) is 4.79 Å². The Morgan fingerprint density at radius 3 is 2.44 bits per heavy atom. The van der Waals surface area contributed by atoms with Crippen molar-refractivity contribution in [3.05, 3.63) is 64.1 Å². The normalized spacial score (nSPS) is 10.3. The summed E-state index contributed by atoms with van der Waals surface area (Å²) in [7, 11) is 3.12. The molecule has 0 saturated heterocycles. The van der Waals surface area contributed by atoms with Gasteiger partial charge in [-0.2, -0.15) is 0 Å². The van der Waals surface area contributed by atoms with Crippen LogP contribution in [0.5, 0.6) is 17.2 Å². The maximum absolute atomic E-state index is 12.4. The highest BCUT2D eigenvalue weighted by Gasteiger charge is 2.10. The van der Waals surface area contributed by atoms with Crippen LogP contribution in [-0.2, 0) is 6.61 Å². The molecule has 2 aromatic carbocycles. The van der Waals surface area contributed by atoms with Crippen LogP contribution in [0.3, 0.4) is 0 Å².